The second-order valence-corrected chi connectivity index (χ2v) is 5.32. The molecular weight excluding hydrogens is 262 g/mol. The van der Waals surface area contributed by atoms with Gasteiger partial charge in [0.15, 0.2) is 0 Å². The molecule has 2 aromatic rings. The van der Waals surface area contributed by atoms with E-state index in [4.69, 9.17) is 4.74 Å². The van der Waals surface area contributed by atoms with Crippen LogP contribution in [0.15, 0.2) is 42.6 Å². The number of hydrogen-bond donors (Lipinski definition) is 1. The average Bonchev–Trinajstić information content (AvgIpc) is 2.50. The Morgan fingerprint density at radius 1 is 1.14 bits per heavy atom. The van der Waals surface area contributed by atoms with Crippen LogP contribution in [0.1, 0.15) is 42.7 Å². The highest BCUT2D eigenvalue weighted by atomic mass is 16.5. The third kappa shape index (κ3) is 4.87. The summed E-state index contributed by atoms with van der Waals surface area (Å²) in [7, 11) is 0. The van der Waals surface area contributed by atoms with Crippen molar-refractivity contribution < 1.29 is 9.84 Å². The van der Waals surface area contributed by atoms with Gasteiger partial charge in [-0.25, -0.2) is 0 Å². The van der Waals surface area contributed by atoms with Crippen LogP contribution in [0, 0.1) is 6.92 Å². The van der Waals surface area contributed by atoms with Crippen LogP contribution < -0.4 is 4.74 Å². The van der Waals surface area contributed by atoms with E-state index >= 15 is 0 Å². The van der Waals surface area contributed by atoms with Crippen LogP contribution in [0.5, 0.6) is 5.75 Å². The molecule has 0 saturated carbocycles. The molecule has 1 heterocycles. The first-order chi connectivity index (χ1) is 10.2. The maximum absolute atomic E-state index is 10.3. The molecule has 3 nitrogen and oxygen atoms in total. The third-order valence-corrected chi connectivity index (χ3v) is 3.41. The molecule has 0 aliphatic heterocycles. The quantitative estimate of drug-likeness (QED) is 0.786. The van der Waals surface area contributed by atoms with Crippen molar-refractivity contribution in [3.05, 3.63) is 59.4 Å². The Morgan fingerprint density at radius 3 is 2.52 bits per heavy atom. The van der Waals surface area contributed by atoms with Crippen LogP contribution in [0.25, 0.3) is 0 Å². The number of nitrogens with zero attached hydrogens (tertiary/aromatic N) is 1. The molecule has 1 N–H and O–H groups in total. The van der Waals surface area contributed by atoms with Gasteiger partial charge in [-0.15, -0.1) is 0 Å². The zero-order chi connectivity index (χ0) is 15.1. The molecule has 0 bridgehead atoms. The molecule has 1 aromatic carbocycles. The van der Waals surface area contributed by atoms with Gasteiger partial charge in [-0.2, -0.15) is 0 Å². The Balaban J connectivity index is 1.93. The topological polar surface area (TPSA) is 42.4 Å². The summed E-state index contributed by atoms with van der Waals surface area (Å²) in [6, 6.07) is 11.6. The molecule has 1 aromatic heterocycles. The Morgan fingerprint density at radius 2 is 1.90 bits per heavy atom. The molecule has 1 atom stereocenters. The SMILES string of the molecule is CCCCOc1ccc(C(O)Cc2ccc(C)cn2)cc1. The Kier molecular flexibility index (Phi) is 5.76. The van der Waals surface area contributed by atoms with E-state index in [0.717, 1.165) is 42.0 Å². The first kappa shape index (κ1) is 15.5. The van der Waals surface area contributed by atoms with Gasteiger partial charge >= 0.3 is 0 Å². The molecular formula is C18H23NO2. The second-order valence-electron chi connectivity index (χ2n) is 5.32. The summed E-state index contributed by atoms with van der Waals surface area (Å²) >= 11 is 0. The van der Waals surface area contributed by atoms with Crippen LogP contribution in [-0.2, 0) is 6.42 Å². The minimum atomic E-state index is -0.537. The molecule has 0 saturated heterocycles. The van der Waals surface area contributed by atoms with Gasteiger partial charge in [-0.05, 0) is 42.7 Å². The van der Waals surface area contributed by atoms with E-state index in [2.05, 4.69) is 11.9 Å². The van der Waals surface area contributed by atoms with Gasteiger partial charge in [0, 0.05) is 18.3 Å². The fraction of sp³-hybridized carbons (Fsp3) is 0.389. The first-order valence-electron chi connectivity index (χ1n) is 7.51. The predicted molar refractivity (Wildman–Crippen MR) is 84.5 cm³/mol. The summed E-state index contributed by atoms with van der Waals surface area (Å²) in [6.45, 7) is 4.89. The zero-order valence-electron chi connectivity index (χ0n) is 12.7. The Hall–Kier alpha value is -1.87. The summed E-state index contributed by atoms with van der Waals surface area (Å²) in [4.78, 5) is 4.33. The minimum Gasteiger partial charge on any atom is -0.494 e. The van der Waals surface area contributed by atoms with Crippen molar-refractivity contribution in [1.82, 2.24) is 4.98 Å². The number of aliphatic hydroxyl groups excluding tert-OH is 1. The van der Waals surface area contributed by atoms with E-state index in [1.54, 1.807) is 0 Å². The van der Waals surface area contributed by atoms with Gasteiger partial charge in [0.25, 0.3) is 0 Å². The van der Waals surface area contributed by atoms with Gasteiger partial charge in [0.2, 0.25) is 0 Å². The number of rotatable bonds is 7. The summed E-state index contributed by atoms with van der Waals surface area (Å²) in [6.07, 6.45) is 4.00. The van der Waals surface area contributed by atoms with Gasteiger partial charge < -0.3 is 9.84 Å². The summed E-state index contributed by atoms with van der Waals surface area (Å²) in [5.41, 5.74) is 2.92. The molecule has 3 heteroatoms. The molecule has 2 rings (SSSR count). The van der Waals surface area contributed by atoms with Crippen LogP contribution in [-0.4, -0.2) is 16.7 Å². The molecule has 21 heavy (non-hydrogen) atoms. The highest BCUT2D eigenvalue weighted by Crippen LogP contribution is 2.21. The van der Waals surface area contributed by atoms with Crippen molar-refractivity contribution in [2.45, 2.75) is 39.2 Å². The maximum Gasteiger partial charge on any atom is 0.119 e. The zero-order valence-corrected chi connectivity index (χ0v) is 12.7. The molecule has 0 amide bonds. The highest BCUT2D eigenvalue weighted by molar-refractivity contribution is 5.29. The molecule has 112 valence electrons. The van der Waals surface area contributed by atoms with Crippen LogP contribution in [0.2, 0.25) is 0 Å². The lowest BCUT2D eigenvalue weighted by Gasteiger charge is -2.12. The van der Waals surface area contributed by atoms with E-state index in [1.807, 2.05) is 49.5 Å². The van der Waals surface area contributed by atoms with Crippen LogP contribution in [0.4, 0.5) is 0 Å². The molecule has 0 fully saturated rings. The highest BCUT2D eigenvalue weighted by Gasteiger charge is 2.09. The van der Waals surface area contributed by atoms with Crippen molar-refractivity contribution in [1.29, 1.82) is 0 Å². The first-order valence-corrected chi connectivity index (χ1v) is 7.51. The van der Waals surface area contributed by atoms with Crippen molar-refractivity contribution in [2.24, 2.45) is 0 Å². The van der Waals surface area contributed by atoms with E-state index in [-0.39, 0.29) is 0 Å². The van der Waals surface area contributed by atoms with Crippen molar-refractivity contribution in [3.8, 4) is 5.75 Å². The lowest BCUT2D eigenvalue weighted by molar-refractivity contribution is 0.177. The number of ether oxygens (including phenoxy) is 1. The molecule has 0 radical (unpaired) electrons. The maximum atomic E-state index is 10.3. The number of aromatic nitrogens is 1. The lowest BCUT2D eigenvalue weighted by Crippen LogP contribution is -2.03. The average molecular weight is 285 g/mol. The van der Waals surface area contributed by atoms with E-state index in [1.165, 1.54) is 0 Å². The van der Waals surface area contributed by atoms with E-state index in [0.29, 0.717) is 6.42 Å². The predicted octanol–water partition coefficient (Wildman–Crippen LogP) is 3.85. The number of benzene rings is 1. The van der Waals surface area contributed by atoms with Gasteiger partial charge in [-0.3, -0.25) is 4.98 Å². The summed E-state index contributed by atoms with van der Waals surface area (Å²) < 4.78 is 5.62. The molecule has 0 aliphatic carbocycles. The summed E-state index contributed by atoms with van der Waals surface area (Å²) in [5, 5.41) is 10.3. The van der Waals surface area contributed by atoms with Crippen LogP contribution in [0.3, 0.4) is 0 Å². The smallest absolute Gasteiger partial charge is 0.119 e. The molecule has 1 unspecified atom stereocenters. The third-order valence-electron chi connectivity index (χ3n) is 3.41. The van der Waals surface area contributed by atoms with Gasteiger partial charge in [0.1, 0.15) is 5.75 Å². The normalized spacial score (nSPS) is 12.1. The molecule has 0 spiro atoms. The summed E-state index contributed by atoms with van der Waals surface area (Å²) in [5.74, 6) is 0.855. The van der Waals surface area contributed by atoms with Gasteiger partial charge in [-0.1, -0.05) is 31.5 Å². The second kappa shape index (κ2) is 7.79. The Bertz CT molecular complexity index is 534. The minimum absolute atomic E-state index is 0.524. The van der Waals surface area contributed by atoms with Crippen molar-refractivity contribution in [2.75, 3.05) is 6.61 Å². The standard InChI is InChI=1S/C18H23NO2/c1-3-4-11-21-17-9-6-15(7-10-17)18(20)12-16-8-5-14(2)13-19-16/h5-10,13,18,20H,3-4,11-12H2,1-2H3. The number of unbranched alkanes of at least 4 members (excludes halogenated alkanes) is 1. The monoisotopic (exact) mass is 285 g/mol. The van der Waals surface area contributed by atoms with E-state index < -0.39 is 6.10 Å². The fourth-order valence-electron chi connectivity index (χ4n) is 2.06. The number of hydrogen-bond acceptors (Lipinski definition) is 3. The molecule has 0 aliphatic rings. The van der Waals surface area contributed by atoms with E-state index in [9.17, 15) is 5.11 Å². The van der Waals surface area contributed by atoms with Crippen molar-refractivity contribution >= 4 is 0 Å². The Labute approximate surface area is 126 Å². The van der Waals surface area contributed by atoms with Crippen LogP contribution >= 0.6 is 0 Å². The largest absolute Gasteiger partial charge is 0.494 e. The number of aryl methyl sites for hydroxylation is 1. The van der Waals surface area contributed by atoms with Gasteiger partial charge in [0.05, 0.1) is 12.7 Å². The fourth-order valence-corrected chi connectivity index (χ4v) is 2.06. The van der Waals surface area contributed by atoms with Crippen molar-refractivity contribution in [3.63, 3.8) is 0 Å². The lowest BCUT2D eigenvalue weighted by atomic mass is 10.0. The number of aliphatic hydroxyl groups is 1. The number of pyridine rings is 1.